The predicted octanol–water partition coefficient (Wildman–Crippen LogP) is 2.08. The fraction of sp³-hybridized carbons (Fsp3) is 0.118. The maximum absolute atomic E-state index is 11.9. The highest BCUT2D eigenvalue weighted by Gasteiger charge is 2.14. The zero-order valence-electron chi connectivity index (χ0n) is 13.3. The number of benzene rings is 2. The van der Waals surface area contributed by atoms with Crippen molar-refractivity contribution in [3.05, 3.63) is 58.6 Å². The van der Waals surface area contributed by atoms with E-state index >= 15 is 0 Å². The molecule has 0 fully saturated rings. The van der Waals surface area contributed by atoms with Crippen molar-refractivity contribution in [2.24, 2.45) is 0 Å². The highest BCUT2D eigenvalue weighted by Crippen LogP contribution is 2.18. The molecule has 4 N–H and O–H groups in total. The SMILES string of the molecule is CNC(=O)c1ccc(NC(=O)COC(=O)c2cc(Cl)ccc2N)cc1. The van der Waals surface area contributed by atoms with Crippen LogP contribution in [0.5, 0.6) is 0 Å². The molecule has 8 heteroatoms. The summed E-state index contributed by atoms with van der Waals surface area (Å²) in [5, 5.41) is 5.38. The van der Waals surface area contributed by atoms with Crippen LogP contribution in [0.15, 0.2) is 42.5 Å². The fourth-order valence-corrected chi connectivity index (χ4v) is 2.13. The lowest BCUT2D eigenvalue weighted by Crippen LogP contribution is -2.21. The number of carbonyl (C=O) groups excluding carboxylic acids is 3. The summed E-state index contributed by atoms with van der Waals surface area (Å²) < 4.78 is 4.92. The Morgan fingerprint density at radius 3 is 2.44 bits per heavy atom. The van der Waals surface area contributed by atoms with Gasteiger partial charge in [0.05, 0.1) is 5.56 Å². The molecule has 7 nitrogen and oxygen atoms in total. The first-order valence-corrected chi connectivity index (χ1v) is 7.62. The van der Waals surface area contributed by atoms with Crippen molar-refractivity contribution in [3.8, 4) is 0 Å². The van der Waals surface area contributed by atoms with Gasteiger partial charge in [0.25, 0.3) is 11.8 Å². The Balaban J connectivity index is 1.91. The lowest BCUT2D eigenvalue weighted by molar-refractivity contribution is -0.119. The summed E-state index contributed by atoms with van der Waals surface area (Å²) in [7, 11) is 1.53. The van der Waals surface area contributed by atoms with E-state index in [0.29, 0.717) is 16.3 Å². The molecule has 0 aliphatic carbocycles. The Morgan fingerprint density at radius 2 is 1.80 bits per heavy atom. The fourth-order valence-electron chi connectivity index (χ4n) is 1.96. The van der Waals surface area contributed by atoms with Crippen LogP contribution in [0.3, 0.4) is 0 Å². The third-order valence-corrected chi connectivity index (χ3v) is 3.46. The molecule has 0 aliphatic heterocycles. The van der Waals surface area contributed by atoms with Crippen LogP contribution in [0, 0.1) is 0 Å². The molecule has 0 bridgehead atoms. The highest BCUT2D eigenvalue weighted by atomic mass is 35.5. The molecule has 25 heavy (non-hydrogen) atoms. The van der Waals surface area contributed by atoms with E-state index in [-0.39, 0.29) is 17.2 Å². The normalized spacial score (nSPS) is 10.0. The van der Waals surface area contributed by atoms with Crippen molar-refractivity contribution in [1.82, 2.24) is 5.32 Å². The first-order valence-electron chi connectivity index (χ1n) is 7.25. The number of carbonyl (C=O) groups is 3. The molecule has 0 atom stereocenters. The van der Waals surface area contributed by atoms with E-state index in [1.165, 1.54) is 19.2 Å². The second-order valence-electron chi connectivity index (χ2n) is 5.01. The molecule has 0 spiro atoms. The minimum absolute atomic E-state index is 0.0928. The number of esters is 1. The zero-order valence-corrected chi connectivity index (χ0v) is 14.1. The molecule has 0 unspecified atom stereocenters. The first-order chi connectivity index (χ1) is 11.9. The van der Waals surface area contributed by atoms with Crippen LogP contribution in [-0.2, 0) is 9.53 Å². The topological polar surface area (TPSA) is 111 Å². The summed E-state index contributed by atoms with van der Waals surface area (Å²) in [6.07, 6.45) is 0. The average molecular weight is 362 g/mol. The zero-order chi connectivity index (χ0) is 18.4. The molecule has 2 aromatic rings. The molecular formula is C17H16ClN3O4. The number of nitrogens with one attached hydrogen (secondary N) is 2. The van der Waals surface area contributed by atoms with Gasteiger partial charge >= 0.3 is 5.97 Å². The molecular weight excluding hydrogens is 346 g/mol. The van der Waals surface area contributed by atoms with Crippen LogP contribution < -0.4 is 16.4 Å². The minimum Gasteiger partial charge on any atom is -0.452 e. The van der Waals surface area contributed by atoms with Crippen molar-refractivity contribution < 1.29 is 19.1 Å². The number of halogens is 1. The Morgan fingerprint density at radius 1 is 1.12 bits per heavy atom. The van der Waals surface area contributed by atoms with Gasteiger partial charge in [-0.3, -0.25) is 9.59 Å². The largest absolute Gasteiger partial charge is 0.452 e. The molecule has 0 aliphatic rings. The van der Waals surface area contributed by atoms with Crippen LogP contribution in [0.25, 0.3) is 0 Å². The van der Waals surface area contributed by atoms with Crippen LogP contribution in [0.1, 0.15) is 20.7 Å². The molecule has 2 aromatic carbocycles. The van der Waals surface area contributed by atoms with Gasteiger partial charge in [-0.25, -0.2) is 4.79 Å². The van der Waals surface area contributed by atoms with Crippen LogP contribution in [-0.4, -0.2) is 31.4 Å². The number of anilines is 2. The molecule has 0 radical (unpaired) electrons. The number of nitrogen functional groups attached to an aromatic ring is 1. The Bertz CT molecular complexity index is 806. The summed E-state index contributed by atoms with van der Waals surface area (Å²) >= 11 is 5.81. The van der Waals surface area contributed by atoms with E-state index in [4.69, 9.17) is 22.1 Å². The number of nitrogens with two attached hydrogens (primary N) is 1. The maximum Gasteiger partial charge on any atom is 0.340 e. The lowest BCUT2D eigenvalue weighted by atomic mass is 10.2. The van der Waals surface area contributed by atoms with Crippen molar-refractivity contribution in [2.75, 3.05) is 24.7 Å². The monoisotopic (exact) mass is 361 g/mol. The van der Waals surface area contributed by atoms with Crippen molar-refractivity contribution in [2.45, 2.75) is 0 Å². The molecule has 0 heterocycles. The quantitative estimate of drug-likeness (QED) is 0.557. The van der Waals surface area contributed by atoms with Gasteiger partial charge in [0, 0.05) is 29.0 Å². The third kappa shape index (κ3) is 4.95. The van der Waals surface area contributed by atoms with Crippen LogP contribution in [0.2, 0.25) is 5.02 Å². The van der Waals surface area contributed by atoms with Gasteiger partial charge in [0.2, 0.25) is 0 Å². The lowest BCUT2D eigenvalue weighted by Gasteiger charge is -2.09. The Kier molecular flexibility index (Phi) is 5.97. The van der Waals surface area contributed by atoms with Gasteiger partial charge in [-0.15, -0.1) is 0 Å². The Hall–Kier alpha value is -3.06. The van der Waals surface area contributed by atoms with Gasteiger partial charge in [-0.05, 0) is 42.5 Å². The summed E-state index contributed by atoms with van der Waals surface area (Å²) in [4.78, 5) is 35.2. The van der Waals surface area contributed by atoms with Gasteiger partial charge < -0.3 is 21.1 Å². The Labute approximate surface area is 149 Å². The van der Waals surface area contributed by atoms with Crippen molar-refractivity contribution in [3.63, 3.8) is 0 Å². The van der Waals surface area contributed by atoms with Crippen LogP contribution >= 0.6 is 11.6 Å². The van der Waals surface area contributed by atoms with Gasteiger partial charge in [0.1, 0.15) is 0 Å². The van der Waals surface area contributed by atoms with E-state index in [0.717, 1.165) is 0 Å². The molecule has 2 rings (SSSR count). The number of ether oxygens (including phenoxy) is 1. The van der Waals surface area contributed by atoms with Crippen LogP contribution in [0.4, 0.5) is 11.4 Å². The summed E-state index contributed by atoms with van der Waals surface area (Å²) in [5.41, 5.74) is 6.91. The second kappa shape index (κ2) is 8.16. The first kappa shape index (κ1) is 18.3. The van der Waals surface area contributed by atoms with Crippen molar-refractivity contribution >= 4 is 40.8 Å². The molecule has 0 saturated carbocycles. The summed E-state index contributed by atoms with van der Waals surface area (Å²) in [5.74, 6) is -1.50. The van der Waals surface area contributed by atoms with Gasteiger partial charge in [-0.2, -0.15) is 0 Å². The van der Waals surface area contributed by atoms with E-state index in [1.54, 1.807) is 30.3 Å². The molecule has 2 amide bonds. The second-order valence-corrected chi connectivity index (χ2v) is 5.45. The smallest absolute Gasteiger partial charge is 0.340 e. The number of amides is 2. The van der Waals surface area contributed by atoms with Gasteiger partial charge in [0.15, 0.2) is 6.61 Å². The third-order valence-electron chi connectivity index (χ3n) is 3.23. The van der Waals surface area contributed by atoms with Crippen molar-refractivity contribution in [1.29, 1.82) is 0 Å². The summed E-state index contributed by atoms with van der Waals surface area (Å²) in [6.45, 7) is -0.484. The minimum atomic E-state index is -0.745. The standard InChI is InChI=1S/C17H16ClN3O4/c1-20-16(23)10-2-5-12(6-3-10)21-15(22)9-25-17(24)13-8-11(18)4-7-14(13)19/h2-8H,9,19H2,1H3,(H,20,23)(H,21,22). The number of rotatable bonds is 5. The van der Waals surface area contributed by atoms with E-state index in [1.807, 2.05) is 0 Å². The number of hydrogen-bond acceptors (Lipinski definition) is 5. The highest BCUT2D eigenvalue weighted by molar-refractivity contribution is 6.31. The molecule has 0 aromatic heterocycles. The molecule has 130 valence electrons. The van der Waals surface area contributed by atoms with E-state index in [2.05, 4.69) is 10.6 Å². The predicted molar refractivity (Wildman–Crippen MR) is 94.6 cm³/mol. The molecule has 0 saturated heterocycles. The summed E-state index contributed by atoms with van der Waals surface area (Å²) in [6, 6.07) is 10.7. The number of hydrogen-bond donors (Lipinski definition) is 3. The maximum atomic E-state index is 11.9. The van der Waals surface area contributed by atoms with E-state index in [9.17, 15) is 14.4 Å². The van der Waals surface area contributed by atoms with E-state index < -0.39 is 18.5 Å². The van der Waals surface area contributed by atoms with Gasteiger partial charge in [-0.1, -0.05) is 11.6 Å². The average Bonchev–Trinajstić information content (AvgIpc) is 2.61.